The molecule has 2 aromatic rings. The molecule has 2 N–H and O–H groups in total. The zero-order chi connectivity index (χ0) is 19.1. The molecule has 6 heteroatoms. The van der Waals surface area contributed by atoms with Crippen LogP contribution in [0, 0.1) is 11.7 Å². The standard InChI is InChI=1S/C20H22ClFN2O2/c1-13(2)19(14-5-9-17(22)10-6-14)24-18(25)11-12-23-20(26)15-3-7-16(21)8-4-15/h3-10,13,19H,11-12H2,1-2H3,(H,23,26)(H,24,25). The maximum Gasteiger partial charge on any atom is 0.251 e. The highest BCUT2D eigenvalue weighted by atomic mass is 35.5. The predicted octanol–water partition coefficient (Wildman–Crippen LogP) is 4.11. The summed E-state index contributed by atoms with van der Waals surface area (Å²) in [6, 6.07) is 12.4. The summed E-state index contributed by atoms with van der Waals surface area (Å²) >= 11 is 5.79. The first-order valence-electron chi connectivity index (χ1n) is 8.45. The van der Waals surface area contributed by atoms with Gasteiger partial charge in [-0.3, -0.25) is 9.59 Å². The van der Waals surface area contributed by atoms with Gasteiger partial charge in [0.1, 0.15) is 5.82 Å². The summed E-state index contributed by atoms with van der Waals surface area (Å²) in [4.78, 5) is 24.2. The monoisotopic (exact) mass is 376 g/mol. The maximum atomic E-state index is 13.1. The average Bonchev–Trinajstić information content (AvgIpc) is 2.61. The average molecular weight is 377 g/mol. The molecule has 2 rings (SSSR count). The van der Waals surface area contributed by atoms with Gasteiger partial charge in [0.15, 0.2) is 0 Å². The number of carbonyl (C=O) groups excluding carboxylic acids is 2. The van der Waals surface area contributed by atoms with Crippen molar-refractivity contribution in [1.29, 1.82) is 0 Å². The Kier molecular flexibility index (Phi) is 7.16. The Labute approximate surface area is 157 Å². The number of hydrogen-bond donors (Lipinski definition) is 2. The SMILES string of the molecule is CC(C)C(NC(=O)CCNC(=O)c1ccc(Cl)cc1)c1ccc(F)cc1. The quantitative estimate of drug-likeness (QED) is 0.763. The van der Waals surface area contributed by atoms with Gasteiger partial charge in [-0.25, -0.2) is 4.39 Å². The van der Waals surface area contributed by atoms with Crippen molar-refractivity contribution in [3.05, 3.63) is 70.5 Å². The fraction of sp³-hybridized carbons (Fsp3) is 0.300. The molecule has 0 radical (unpaired) electrons. The predicted molar refractivity (Wildman–Crippen MR) is 101 cm³/mol. The van der Waals surface area contributed by atoms with E-state index in [0.717, 1.165) is 5.56 Å². The first-order valence-corrected chi connectivity index (χ1v) is 8.83. The van der Waals surface area contributed by atoms with Crippen molar-refractivity contribution in [2.24, 2.45) is 5.92 Å². The van der Waals surface area contributed by atoms with Crippen molar-refractivity contribution in [1.82, 2.24) is 10.6 Å². The van der Waals surface area contributed by atoms with E-state index in [9.17, 15) is 14.0 Å². The first kappa shape index (κ1) is 19.9. The van der Waals surface area contributed by atoms with Gasteiger partial charge in [-0.2, -0.15) is 0 Å². The van der Waals surface area contributed by atoms with E-state index in [1.165, 1.54) is 12.1 Å². The molecular formula is C20H22ClFN2O2. The Morgan fingerprint density at radius 3 is 2.23 bits per heavy atom. The number of rotatable bonds is 7. The highest BCUT2D eigenvalue weighted by Gasteiger charge is 2.18. The fourth-order valence-electron chi connectivity index (χ4n) is 2.54. The van der Waals surface area contributed by atoms with E-state index in [1.807, 2.05) is 13.8 Å². The molecule has 0 heterocycles. The number of hydrogen-bond acceptors (Lipinski definition) is 2. The van der Waals surface area contributed by atoms with Crippen LogP contribution in [-0.4, -0.2) is 18.4 Å². The van der Waals surface area contributed by atoms with Gasteiger partial charge in [0.05, 0.1) is 6.04 Å². The molecule has 138 valence electrons. The van der Waals surface area contributed by atoms with Crippen LogP contribution in [0.4, 0.5) is 4.39 Å². The van der Waals surface area contributed by atoms with Crippen LogP contribution in [0.2, 0.25) is 5.02 Å². The van der Waals surface area contributed by atoms with E-state index >= 15 is 0 Å². The summed E-state index contributed by atoms with van der Waals surface area (Å²) in [7, 11) is 0. The zero-order valence-electron chi connectivity index (χ0n) is 14.8. The minimum absolute atomic E-state index is 0.146. The Bertz CT molecular complexity index is 745. The number of nitrogens with one attached hydrogen (secondary N) is 2. The van der Waals surface area contributed by atoms with Crippen LogP contribution < -0.4 is 10.6 Å². The van der Waals surface area contributed by atoms with E-state index in [2.05, 4.69) is 10.6 Å². The van der Waals surface area contributed by atoms with E-state index in [1.54, 1.807) is 36.4 Å². The van der Waals surface area contributed by atoms with Crippen LogP contribution >= 0.6 is 11.6 Å². The highest BCUT2D eigenvalue weighted by molar-refractivity contribution is 6.30. The van der Waals surface area contributed by atoms with Crippen molar-refractivity contribution in [3.63, 3.8) is 0 Å². The third kappa shape index (κ3) is 5.85. The van der Waals surface area contributed by atoms with Crippen LogP contribution in [-0.2, 0) is 4.79 Å². The Hall–Kier alpha value is -2.40. The smallest absolute Gasteiger partial charge is 0.251 e. The summed E-state index contributed by atoms with van der Waals surface area (Å²) in [5.74, 6) is -0.599. The van der Waals surface area contributed by atoms with Crippen molar-refractivity contribution in [2.75, 3.05) is 6.54 Å². The van der Waals surface area contributed by atoms with E-state index in [4.69, 9.17) is 11.6 Å². The molecule has 0 aliphatic heterocycles. The summed E-state index contributed by atoms with van der Waals surface area (Å²) in [5, 5.41) is 6.21. The van der Waals surface area contributed by atoms with Gasteiger partial charge in [-0.05, 0) is 47.9 Å². The Morgan fingerprint density at radius 1 is 1.04 bits per heavy atom. The summed E-state index contributed by atoms with van der Waals surface area (Å²) in [6.07, 6.45) is 0.156. The molecule has 0 aromatic heterocycles. The molecule has 4 nitrogen and oxygen atoms in total. The summed E-state index contributed by atoms with van der Waals surface area (Å²) in [5.41, 5.74) is 1.33. The minimum atomic E-state index is -0.313. The van der Waals surface area contributed by atoms with Crippen LogP contribution in [0.1, 0.15) is 42.2 Å². The fourth-order valence-corrected chi connectivity index (χ4v) is 2.67. The molecule has 0 fully saturated rings. The zero-order valence-corrected chi connectivity index (χ0v) is 15.5. The van der Waals surface area contributed by atoms with E-state index in [0.29, 0.717) is 10.6 Å². The molecule has 0 saturated heterocycles. The van der Waals surface area contributed by atoms with Gasteiger partial charge in [0.2, 0.25) is 5.91 Å². The number of halogens is 2. The first-order chi connectivity index (χ1) is 12.4. The number of benzene rings is 2. The van der Waals surface area contributed by atoms with Gasteiger partial charge < -0.3 is 10.6 Å². The third-order valence-corrected chi connectivity index (χ3v) is 4.21. The number of carbonyl (C=O) groups is 2. The molecule has 2 aromatic carbocycles. The molecule has 2 amide bonds. The van der Waals surface area contributed by atoms with E-state index < -0.39 is 0 Å². The van der Waals surface area contributed by atoms with Gasteiger partial charge in [0.25, 0.3) is 5.91 Å². The normalized spacial score (nSPS) is 11.9. The van der Waals surface area contributed by atoms with Gasteiger partial charge in [-0.1, -0.05) is 37.6 Å². The second-order valence-corrected chi connectivity index (χ2v) is 6.79. The van der Waals surface area contributed by atoms with E-state index in [-0.39, 0.29) is 42.6 Å². The number of amides is 2. The molecular weight excluding hydrogens is 355 g/mol. The van der Waals surface area contributed by atoms with Crippen molar-refractivity contribution in [2.45, 2.75) is 26.3 Å². The largest absolute Gasteiger partial charge is 0.352 e. The van der Waals surface area contributed by atoms with Crippen molar-refractivity contribution in [3.8, 4) is 0 Å². The molecule has 0 aliphatic carbocycles. The molecule has 0 aliphatic rings. The molecule has 0 saturated carbocycles. The van der Waals surface area contributed by atoms with Gasteiger partial charge in [0, 0.05) is 23.6 Å². The molecule has 1 atom stereocenters. The van der Waals surface area contributed by atoms with Crippen LogP contribution in [0.5, 0.6) is 0 Å². The van der Waals surface area contributed by atoms with Crippen LogP contribution in [0.3, 0.4) is 0 Å². The third-order valence-electron chi connectivity index (χ3n) is 3.96. The lowest BCUT2D eigenvalue weighted by Crippen LogP contribution is -2.34. The Balaban J connectivity index is 1.85. The molecule has 0 spiro atoms. The van der Waals surface area contributed by atoms with Gasteiger partial charge >= 0.3 is 0 Å². The lowest BCUT2D eigenvalue weighted by Gasteiger charge is -2.23. The second kappa shape index (κ2) is 9.34. The summed E-state index contributed by atoms with van der Waals surface area (Å²) in [6.45, 7) is 4.19. The highest BCUT2D eigenvalue weighted by Crippen LogP contribution is 2.22. The summed E-state index contributed by atoms with van der Waals surface area (Å²) < 4.78 is 13.1. The van der Waals surface area contributed by atoms with Gasteiger partial charge in [-0.15, -0.1) is 0 Å². The Morgan fingerprint density at radius 2 is 1.65 bits per heavy atom. The molecule has 26 heavy (non-hydrogen) atoms. The maximum absolute atomic E-state index is 13.1. The second-order valence-electron chi connectivity index (χ2n) is 6.35. The lowest BCUT2D eigenvalue weighted by atomic mass is 9.96. The van der Waals surface area contributed by atoms with Crippen LogP contribution in [0.25, 0.3) is 0 Å². The van der Waals surface area contributed by atoms with Crippen LogP contribution in [0.15, 0.2) is 48.5 Å². The topological polar surface area (TPSA) is 58.2 Å². The molecule has 1 unspecified atom stereocenters. The lowest BCUT2D eigenvalue weighted by molar-refractivity contribution is -0.122. The van der Waals surface area contributed by atoms with Crippen molar-refractivity contribution < 1.29 is 14.0 Å². The minimum Gasteiger partial charge on any atom is -0.352 e. The molecule has 0 bridgehead atoms. The van der Waals surface area contributed by atoms with Crippen molar-refractivity contribution >= 4 is 23.4 Å².